The number of aliphatic carboxylic acids is 1. The van der Waals surface area contributed by atoms with E-state index in [1.165, 1.54) is 24.3 Å². The van der Waals surface area contributed by atoms with Crippen LogP contribution in [-0.4, -0.2) is 25.4 Å². The van der Waals surface area contributed by atoms with Crippen molar-refractivity contribution in [1.29, 1.82) is 0 Å². The van der Waals surface area contributed by atoms with Gasteiger partial charge in [-0.25, -0.2) is 13.1 Å². The number of amides is 1. The van der Waals surface area contributed by atoms with Gasteiger partial charge in [0.2, 0.25) is 5.91 Å². The van der Waals surface area contributed by atoms with Gasteiger partial charge in [-0.3, -0.25) is 9.59 Å². The third kappa shape index (κ3) is 3.56. The Morgan fingerprint density at radius 2 is 1.88 bits per heavy atom. The number of sulfonamides is 1. The van der Waals surface area contributed by atoms with E-state index in [1.54, 1.807) is 4.72 Å². The van der Waals surface area contributed by atoms with Crippen LogP contribution in [0.25, 0.3) is 0 Å². The molecule has 0 saturated carbocycles. The minimum atomic E-state index is -4.00. The van der Waals surface area contributed by atoms with Gasteiger partial charge in [-0.15, -0.1) is 0 Å². The average molecular weight is 257 g/mol. The predicted molar refractivity (Wildman–Crippen MR) is 58.8 cm³/mol. The summed E-state index contributed by atoms with van der Waals surface area (Å²) in [6.07, 6.45) is -0.422. The molecular weight excluding hydrogens is 246 g/mol. The standard InChI is InChI=1S/C10H11NO5S/c1-7(12)11-17(15,16)9-5-3-2-4-8(9)6-10(13)14/h2-5H,6H2,1H3,(H,11,12)(H,13,14). The van der Waals surface area contributed by atoms with Gasteiger partial charge in [-0.05, 0) is 11.6 Å². The van der Waals surface area contributed by atoms with E-state index in [0.29, 0.717) is 0 Å². The lowest BCUT2D eigenvalue weighted by molar-refractivity contribution is -0.136. The van der Waals surface area contributed by atoms with E-state index in [4.69, 9.17) is 5.11 Å². The topological polar surface area (TPSA) is 101 Å². The summed E-state index contributed by atoms with van der Waals surface area (Å²) in [6, 6.07) is 5.64. The van der Waals surface area contributed by atoms with Crippen molar-refractivity contribution in [2.75, 3.05) is 0 Å². The molecular formula is C10H11NO5S. The van der Waals surface area contributed by atoms with Gasteiger partial charge in [0.1, 0.15) is 0 Å². The van der Waals surface area contributed by atoms with Gasteiger partial charge in [-0.2, -0.15) is 0 Å². The fourth-order valence-corrected chi connectivity index (χ4v) is 2.55. The monoisotopic (exact) mass is 257 g/mol. The molecule has 0 saturated heterocycles. The zero-order chi connectivity index (χ0) is 13.1. The first kappa shape index (κ1) is 13.2. The number of carbonyl (C=O) groups is 2. The minimum Gasteiger partial charge on any atom is -0.481 e. The Morgan fingerprint density at radius 3 is 2.41 bits per heavy atom. The Balaban J connectivity index is 3.21. The number of hydrogen-bond acceptors (Lipinski definition) is 4. The van der Waals surface area contributed by atoms with Crippen LogP contribution in [0.5, 0.6) is 0 Å². The van der Waals surface area contributed by atoms with Crippen molar-refractivity contribution in [2.45, 2.75) is 18.2 Å². The molecule has 0 atom stereocenters. The number of benzene rings is 1. The summed E-state index contributed by atoms with van der Waals surface area (Å²) in [5.74, 6) is -1.87. The average Bonchev–Trinajstić information content (AvgIpc) is 2.15. The van der Waals surface area contributed by atoms with E-state index in [2.05, 4.69) is 0 Å². The van der Waals surface area contributed by atoms with Gasteiger partial charge in [-0.1, -0.05) is 18.2 Å². The van der Waals surface area contributed by atoms with Crippen LogP contribution in [-0.2, 0) is 26.0 Å². The maximum atomic E-state index is 11.7. The lowest BCUT2D eigenvalue weighted by atomic mass is 10.1. The first-order valence-corrected chi connectivity index (χ1v) is 6.14. The van der Waals surface area contributed by atoms with Crippen molar-refractivity contribution in [1.82, 2.24) is 4.72 Å². The molecule has 0 heterocycles. The Hall–Kier alpha value is -1.89. The molecule has 0 aromatic heterocycles. The summed E-state index contributed by atoms with van der Waals surface area (Å²) >= 11 is 0. The molecule has 17 heavy (non-hydrogen) atoms. The fraction of sp³-hybridized carbons (Fsp3) is 0.200. The quantitative estimate of drug-likeness (QED) is 0.799. The molecule has 0 aliphatic carbocycles. The number of hydrogen-bond donors (Lipinski definition) is 2. The number of rotatable bonds is 4. The van der Waals surface area contributed by atoms with Crippen molar-refractivity contribution < 1.29 is 23.1 Å². The molecule has 1 amide bonds. The SMILES string of the molecule is CC(=O)NS(=O)(=O)c1ccccc1CC(=O)O. The van der Waals surface area contributed by atoms with Crippen molar-refractivity contribution in [3.63, 3.8) is 0 Å². The molecule has 0 fully saturated rings. The van der Waals surface area contributed by atoms with E-state index in [1.807, 2.05) is 0 Å². The summed E-state index contributed by atoms with van der Waals surface area (Å²) in [7, 11) is -4.00. The second kappa shape index (κ2) is 4.96. The Kier molecular flexibility index (Phi) is 3.84. The molecule has 2 N–H and O–H groups in total. The second-order valence-electron chi connectivity index (χ2n) is 3.34. The zero-order valence-corrected chi connectivity index (χ0v) is 9.82. The van der Waals surface area contributed by atoms with Crippen molar-refractivity contribution in [3.8, 4) is 0 Å². The lowest BCUT2D eigenvalue weighted by Gasteiger charge is -2.08. The van der Waals surface area contributed by atoms with Crippen molar-refractivity contribution in [2.24, 2.45) is 0 Å². The van der Waals surface area contributed by atoms with Gasteiger partial charge in [0.15, 0.2) is 0 Å². The van der Waals surface area contributed by atoms with Crippen LogP contribution in [0.4, 0.5) is 0 Å². The molecule has 92 valence electrons. The molecule has 0 bridgehead atoms. The van der Waals surface area contributed by atoms with Crippen LogP contribution in [0.3, 0.4) is 0 Å². The van der Waals surface area contributed by atoms with Crippen LogP contribution < -0.4 is 4.72 Å². The van der Waals surface area contributed by atoms with E-state index in [-0.39, 0.29) is 10.5 Å². The highest BCUT2D eigenvalue weighted by molar-refractivity contribution is 7.90. The molecule has 0 aliphatic heterocycles. The molecule has 0 spiro atoms. The van der Waals surface area contributed by atoms with Crippen LogP contribution >= 0.6 is 0 Å². The summed E-state index contributed by atoms with van der Waals surface area (Å²) < 4.78 is 25.2. The van der Waals surface area contributed by atoms with Crippen LogP contribution in [0.15, 0.2) is 29.2 Å². The molecule has 1 aromatic rings. The van der Waals surface area contributed by atoms with E-state index in [9.17, 15) is 18.0 Å². The molecule has 0 unspecified atom stereocenters. The molecule has 0 radical (unpaired) electrons. The summed E-state index contributed by atoms with van der Waals surface area (Å²) in [6.45, 7) is 1.07. The Morgan fingerprint density at radius 1 is 1.29 bits per heavy atom. The van der Waals surface area contributed by atoms with Gasteiger partial charge >= 0.3 is 5.97 Å². The Labute approximate surface area is 98.3 Å². The van der Waals surface area contributed by atoms with Gasteiger partial charge in [0.05, 0.1) is 11.3 Å². The van der Waals surface area contributed by atoms with Gasteiger partial charge < -0.3 is 5.11 Å². The summed E-state index contributed by atoms with van der Waals surface area (Å²) in [5.41, 5.74) is 0.133. The first-order valence-electron chi connectivity index (χ1n) is 4.66. The highest BCUT2D eigenvalue weighted by Gasteiger charge is 2.20. The number of nitrogens with one attached hydrogen (secondary N) is 1. The number of carboxylic acid groups (broad SMARTS) is 1. The highest BCUT2D eigenvalue weighted by atomic mass is 32.2. The molecule has 7 heteroatoms. The fourth-order valence-electron chi connectivity index (χ4n) is 1.32. The second-order valence-corrected chi connectivity index (χ2v) is 4.99. The molecule has 0 aliphatic rings. The number of carbonyl (C=O) groups excluding carboxylic acids is 1. The predicted octanol–water partition coefficient (Wildman–Crippen LogP) is 0.138. The molecule has 1 aromatic carbocycles. The smallest absolute Gasteiger partial charge is 0.307 e. The largest absolute Gasteiger partial charge is 0.481 e. The van der Waals surface area contributed by atoms with Crippen molar-refractivity contribution >= 4 is 21.9 Å². The zero-order valence-electron chi connectivity index (χ0n) is 9.00. The molecule has 6 nitrogen and oxygen atoms in total. The maximum absolute atomic E-state index is 11.7. The third-order valence-corrected chi connectivity index (χ3v) is 3.42. The first-order chi connectivity index (χ1) is 7.83. The Bertz CT molecular complexity index is 550. The lowest BCUT2D eigenvalue weighted by Crippen LogP contribution is -2.29. The maximum Gasteiger partial charge on any atom is 0.307 e. The van der Waals surface area contributed by atoms with Crippen LogP contribution in [0.1, 0.15) is 12.5 Å². The van der Waals surface area contributed by atoms with Gasteiger partial charge in [0, 0.05) is 6.92 Å². The van der Waals surface area contributed by atoms with E-state index < -0.39 is 28.3 Å². The normalized spacial score (nSPS) is 10.9. The minimum absolute atomic E-state index is 0.133. The highest BCUT2D eigenvalue weighted by Crippen LogP contribution is 2.15. The summed E-state index contributed by atoms with van der Waals surface area (Å²) in [5, 5.41) is 8.66. The molecule has 1 rings (SSSR count). The van der Waals surface area contributed by atoms with Gasteiger partial charge in [0.25, 0.3) is 10.0 Å². The van der Waals surface area contributed by atoms with Crippen molar-refractivity contribution in [3.05, 3.63) is 29.8 Å². The van der Waals surface area contributed by atoms with Crippen LogP contribution in [0, 0.1) is 0 Å². The van der Waals surface area contributed by atoms with E-state index >= 15 is 0 Å². The van der Waals surface area contributed by atoms with E-state index in [0.717, 1.165) is 6.92 Å². The third-order valence-electron chi connectivity index (χ3n) is 1.88. The van der Waals surface area contributed by atoms with Crippen LogP contribution in [0.2, 0.25) is 0 Å². The summed E-state index contributed by atoms with van der Waals surface area (Å²) in [4.78, 5) is 21.2. The number of carboxylic acids is 1.